The van der Waals surface area contributed by atoms with E-state index in [0.29, 0.717) is 37.0 Å². The van der Waals surface area contributed by atoms with Crippen molar-refractivity contribution in [3.05, 3.63) is 0 Å². The first-order chi connectivity index (χ1) is 18.8. The minimum Gasteiger partial charge on any atom is -0.390 e. The molecule has 8 nitrogen and oxygen atoms in total. The van der Waals surface area contributed by atoms with E-state index >= 15 is 0 Å². The van der Waals surface area contributed by atoms with Crippen LogP contribution < -0.4 is 22.1 Å². The standard InChI is InChI=1S/C32H54N4O4.CH4/c1-5-19-35-29(40)24(15-18-32(4,33)34)36-25(37)11-8-9-20-12-13-21-26-22(14-17-30(20,21)2)31(3)16-7-6-10-23(31)27(38)28(26)39;/h1,20-24,26-28,38-39H,6-19,33-34H2,2-4H3,(H,35,40)(H,36,37);1H4/t20?,21?,22?,23?,24?,26?,27?,28?,30?,31-;/m1./s1. The van der Waals surface area contributed by atoms with E-state index in [4.69, 9.17) is 17.9 Å². The van der Waals surface area contributed by atoms with Crippen molar-refractivity contribution < 1.29 is 19.8 Å². The minimum atomic E-state index is -0.930. The van der Waals surface area contributed by atoms with E-state index in [9.17, 15) is 19.8 Å². The second-order valence-electron chi connectivity index (χ2n) is 14.4. The van der Waals surface area contributed by atoms with E-state index in [2.05, 4.69) is 30.4 Å². The fourth-order valence-corrected chi connectivity index (χ4v) is 9.66. The van der Waals surface area contributed by atoms with Gasteiger partial charge in [-0.25, -0.2) is 0 Å². The average Bonchev–Trinajstić information content (AvgIpc) is 3.23. The molecule has 4 fully saturated rings. The fraction of sp³-hybridized carbons (Fsp3) is 0.879. The summed E-state index contributed by atoms with van der Waals surface area (Å²) in [7, 11) is 0. The third-order valence-electron chi connectivity index (χ3n) is 11.8. The number of rotatable bonds is 10. The Kier molecular flexibility index (Phi) is 11.0. The van der Waals surface area contributed by atoms with Gasteiger partial charge in [-0.2, -0.15) is 0 Å². The molecule has 0 radical (unpaired) electrons. The normalized spacial score (nSPS) is 38.7. The number of nitrogens with one attached hydrogen (secondary N) is 2. The van der Waals surface area contributed by atoms with E-state index in [-0.39, 0.29) is 48.5 Å². The molecule has 10 atom stereocenters. The van der Waals surface area contributed by atoms with Crippen molar-refractivity contribution in [3.63, 3.8) is 0 Å². The van der Waals surface area contributed by atoms with Crippen LogP contribution in [0, 0.1) is 52.8 Å². The quantitative estimate of drug-likeness (QED) is 0.174. The van der Waals surface area contributed by atoms with E-state index in [1.807, 2.05) is 0 Å². The summed E-state index contributed by atoms with van der Waals surface area (Å²) in [6.45, 7) is 6.60. The highest BCUT2D eigenvalue weighted by Crippen LogP contribution is 2.67. The Labute approximate surface area is 248 Å². The summed E-state index contributed by atoms with van der Waals surface area (Å²) in [4.78, 5) is 25.4. The van der Waals surface area contributed by atoms with Crippen LogP contribution in [-0.2, 0) is 9.59 Å². The third-order valence-corrected chi connectivity index (χ3v) is 11.8. The lowest BCUT2D eigenvalue weighted by Gasteiger charge is -2.63. The fourth-order valence-electron chi connectivity index (χ4n) is 9.66. The van der Waals surface area contributed by atoms with Crippen LogP contribution in [0.3, 0.4) is 0 Å². The molecule has 0 aromatic carbocycles. The predicted molar refractivity (Wildman–Crippen MR) is 163 cm³/mol. The largest absolute Gasteiger partial charge is 0.390 e. The first kappa shape index (κ1) is 33.8. The summed E-state index contributed by atoms with van der Waals surface area (Å²) < 4.78 is 0. The minimum absolute atomic E-state index is 0. The first-order valence-corrected chi connectivity index (χ1v) is 15.8. The summed E-state index contributed by atoms with van der Waals surface area (Å²) in [5.41, 5.74) is 11.1. The van der Waals surface area contributed by atoms with Gasteiger partial charge in [0.1, 0.15) is 6.04 Å². The lowest BCUT2D eigenvalue weighted by Crippen LogP contribution is -2.63. The van der Waals surface area contributed by atoms with E-state index in [0.717, 1.165) is 51.4 Å². The molecule has 4 aliphatic rings. The molecule has 0 bridgehead atoms. The molecule has 41 heavy (non-hydrogen) atoms. The van der Waals surface area contributed by atoms with Crippen LogP contribution in [0.15, 0.2) is 0 Å². The van der Waals surface area contributed by atoms with Gasteiger partial charge in [-0.1, -0.05) is 40.0 Å². The molecule has 4 rings (SSSR count). The Morgan fingerprint density at radius 2 is 1.73 bits per heavy atom. The number of amides is 2. The van der Waals surface area contributed by atoms with Crippen molar-refractivity contribution in [2.24, 2.45) is 51.9 Å². The maximum atomic E-state index is 12.9. The second kappa shape index (κ2) is 13.3. The van der Waals surface area contributed by atoms with E-state index < -0.39 is 23.9 Å². The zero-order valence-corrected chi connectivity index (χ0v) is 25.0. The van der Waals surface area contributed by atoms with Crippen LogP contribution in [0.1, 0.15) is 112 Å². The second-order valence-corrected chi connectivity index (χ2v) is 14.4. The zero-order valence-electron chi connectivity index (χ0n) is 25.0. The molecule has 9 unspecified atom stereocenters. The lowest BCUT2D eigenvalue weighted by molar-refractivity contribution is -0.214. The summed E-state index contributed by atoms with van der Waals surface area (Å²) >= 11 is 0. The van der Waals surface area contributed by atoms with Gasteiger partial charge in [0.2, 0.25) is 11.8 Å². The highest BCUT2D eigenvalue weighted by atomic mass is 16.3. The molecule has 0 heterocycles. The van der Waals surface area contributed by atoms with Gasteiger partial charge in [-0.05, 0) is 112 Å². The Balaban J connectivity index is 0.00000462. The predicted octanol–water partition coefficient (Wildman–Crippen LogP) is 3.43. The summed E-state index contributed by atoms with van der Waals surface area (Å²) in [5, 5.41) is 28.2. The molecule has 0 aromatic heterocycles. The van der Waals surface area contributed by atoms with Crippen LogP contribution >= 0.6 is 0 Å². The van der Waals surface area contributed by atoms with Crippen LogP contribution in [0.4, 0.5) is 0 Å². The van der Waals surface area contributed by atoms with Crippen molar-refractivity contribution in [2.75, 3.05) is 6.54 Å². The molecule has 2 amide bonds. The van der Waals surface area contributed by atoms with Crippen molar-refractivity contribution in [3.8, 4) is 12.3 Å². The molecule has 4 aliphatic carbocycles. The number of carbonyl (C=O) groups is 2. The highest BCUT2D eigenvalue weighted by molar-refractivity contribution is 5.87. The Morgan fingerprint density at radius 1 is 1.02 bits per heavy atom. The molecule has 0 aliphatic heterocycles. The van der Waals surface area contributed by atoms with Gasteiger partial charge in [-0.3, -0.25) is 9.59 Å². The van der Waals surface area contributed by atoms with Crippen molar-refractivity contribution >= 4 is 11.8 Å². The number of carbonyl (C=O) groups excluding carboxylic acids is 2. The van der Waals surface area contributed by atoms with Gasteiger partial charge in [0.15, 0.2) is 0 Å². The molecule has 8 heteroatoms. The van der Waals surface area contributed by atoms with Gasteiger partial charge in [0.05, 0.1) is 24.4 Å². The van der Waals surface area contributed by atoms with Crippen LogP contribution in [0.5, 0.6) is 0 Å². The topological polar surface area (TPSA) is 151 Å². The van der Waals surface area contributed by atoms with Crippen molar-refractivity contribution in [1.29, 1.82) is 0 Å². The highest BCUT2D eigenvalue weighted by Gasteiger charge is 2.64. The number of terminal acetylenes is 1. The van der Waals surface area contributed by atoms with Crippen LogP contribution in [0.2, 0.25) is 0 Å². The number of hydrogen-bond donors (Lipinski definition) is 6. The van der Waals surface area contributed by atoms with Crippen LogP contribution in [0.25, 0.3) is 0 Å². The summed E-state index contributed by atoms with van der Waals surface area (Å²) in [6.07, 6.45) is 15.9. The number of fused-ring (bicyclic) bond motifs is 5. The maximum Gasteiger partial charge on any atom is 0.243 e. The third kappa shape index (κ3) is 6.95. The zero-order chi connectivity index (χ0) is 29.3. The van der Waals surface area contributed by atoms with Gasteiger partial charge < -0.3 is 32.3 Å². The molecule has 0 saturated heterocycles. The Bertz CT molecular complexity index is 960. The summed E-state index contributed by atoms with van der Waals surface area (Å²) in [5.74, 6) is 3.70. The van der Waals surface area contributed by atoms with E-state index in [1.54, 1.807) is 6.92 Å². The SMILES string of the molecule is C.C#CCNC(=O)C(CCC(C)(N)N)NC(=O)CCCC1CCC2C3C(O)C(O)C4CCCC[C@]4(C)C3CCC12C. The molecule has 234 valence electrons. The van der Waals surface area contributed by atoms with Gasteiger partial charge in [0.25, 0.3) is 0 Å². The smallest absolute Gasteiger partial charge is 0.243 e. The van der Waals surface area contributed by atoms with Crippen molar-refractivity contribution in [1.82, 2.24) is 10.6 Å². The Hall–Kier alpha value is -1.66. The lowest BCUT2D eigenvalue weighted by atomic mass is 9.43. The number of aliphatic hydroxyl groups is 2. The molecule has 8 N–H and O–H groups in total. The average molecular weight is 575 g/mol. The molecular formula is C33H58N4O4. The first-order valence-electron chi connectivity index (χ1n) is 15.8. The summed E-state index contributed by atoms with van der Waals surface area (Å²) in [6, 6.07) is -0.722. The van der Waals surface area contributed by atoms with Crippen LogP contribution in [-0.4, -0.2) is 52.5 Å². The Morgan fingerprint density at radius 3 is 2.41 bits per heavy atom. The van der Waals surface area contributed by atoms with E-state index in [1.165, 1.54) is 12.8 Å². The van der Waals surface area contributed by atoms with Gasteiger partial charge >= 0.3 is 0 Å². The number of aliphatic hydroxyl groups excluding tert-OH is 2. The maximum absolute atomic E-state index is 12.9. The molecular weight excluding hydrogens is 516 g/mol. The molecule has 0 spiro atoms. The number of hydrogen-bond acceptors (Lipinski definition) is 6. The molecule has 0 aromatic rings. The van der Waals surface area contributed by atoms with Gasteiger partial charge in [-0.15, -0.1) is 6.42 Å². The molecule has 4 saturated carbocycles. The van der Waals surface area contributed by atoms with Gasteiger partial charge in [0, 0.05) is 6.42 Å². The monoisotopic (exact) mass is 574 g/mol. The van der Waals surface area contributed by atoms with Crippen molar-refractivity contribution in [2.45, 2.75) is 136 Å². The number of nitrogens with two attached hydrogens (primary N) is 2.